The standard InChI is InChI=1S/C27H29N5O2/c1-33-15-16-34-24-14-8-13-23(17-24)31-26-25(28)27(30-20-29-26)32(18-21-9-4-2-5-10-21)19-22-11-6-3-7-12-22/h2-14,17,20H,15-16,18-19,28H2,1H3,(H,29,30,31). The Morgan fingerprint density at radius 2 is 1.50 bits per heavy atom. The summed E-state index contributed by atoms with van der Waals surface area (Å²) in [7, 11) is 1.65. The summed E-state index contributed by atoms with van der Waals surface area (Å²) < 4.78 is 10.8. The van der Waals surface area contributed by atoms with E-state index in [1.165, 1.54) is 17.5 Å². The van der Waals surface area contributed by atoms with Crippen LogP contribution < -0.4 is 20.7 Å². The summed E-state index contributed by atoms with van der Waals surface area (Å²) in [5, 5.41) is 3.31. The second-order valence-corrected chi connectivity index (χ2v) is 7.78. The maximum atomic E-state index is 6.60. The summed E-state index contributed by atoms with van der Waals surface area (Å²) in [4.78, 5) is 11.1. The molecule has 4 rings (SSSR count). The average Bonchev–Trinajstić information content (AvgIpc) is 2.87. The quantitative estimate of drug-likeness (QED) is 0.307. The largest absolute Gasteiger partial charge is 0.491 e. The lowest BCUT2D eigenvalue weighted by molar-refractivity contribution is 0.146. The molecule has 0 spiro atoms. The number of nitrogens with one attached hydrogen (secondary N) is 1. The topological polar surface area (TPSA) is 85.5 Å². The first kappa shape index (κ1) is 23.1. The molecule has 4 aromatic rings. The monoisotopic (exact) mass is 455 g/mol. The molecule has 0 unspecified atom stereocenters. The van der Waals surface area contributed by atoms with Crippen molar-refractivity contribution in [2.45, 2.75) is 13.1 Å². The zero-order valence-electron chi connectivity index (χ0n) is 19.2. The maximum absolute atomic E-state index is 6.60. The molecule has 174 valence electrons. The van der Waals surface area contributed by atoms with Crippen LogP contribution in [0.1, 0.15) is 11.1 Å². The number of nitrogens with two attached hydrogens (primary N) is 1. The number of benzene rings is 3. The van der Waals surface area contributed by atoms with Crippen molar-refractivity contribution in [3.63, 3.8) is 0 Å². The van der Waals surface area contributed by atoms with E-state index in [9.17, 15) is 0 Å². The van der Waals surface area contributed by atoms with Crippen LogP contribution in [0, 0.1) is 0 Å². The average molecular weight is 456 g/mol. The molecule has 0 atom stereocenters. The minimum absolute atomic E-state index is 0.480. The van der Waals surface area contributed by atoms with Crippen LogP contribution in [-0.2, 0) is 17.8 Å². The van der Waals surface area contributed by atoms with Crippen LogP contribution in [-0.4, -0.2) is 30.3 Å². The Labute approximate surface area is 200 Å². The zero-order chi connectivity index (χ0) is 23.6. The van der Waals surface area contributed by atoms with Gasteiger partial charge in [0.1, 0.15) is 24.4 Å². The molecule has 0 amide bonds. The third kappa shape index (κ3) is 6.24. The molecular formula is C27H29N5O2. The van der Waals surface area contributed by atoms with Gasteiger partial charge in [0.05, 0.1) is 6.61 Å². The van der Waals surface area contributed by atoms with E-state index in [4.69, 9.17) is 15.2 Å². The molecule has 0 aliphatic heterocycles. The number of nitrogens with zero attached hydrogens (tertiary/aromatic N) is 3. The summed E-state index contributed by atoms with van der Waals surface area (Å²) in [6.07, 6.45) is 1.54. The molecule has 0 saturated heterocycles. The van der Waals surface area contributed by atoms with Gasteiger partial charge >= 0.3 is 0 Å². The van der Waals surface area contributed by atoms with Crippen LogP contribution in [0.2, 0.25) is 0 Å². The Morgan fingerprint density at radius 3 is 2.15 bits per heavy atom. The Balaban J connectivity index is 1.59. The van der Waals surface area contributed by atoms with Gasteiger partial charge in [-0.25, -0.2) is 9.97 Å². The second-order valence-electron chi connectivity index (χ2n) is 7.78. The van der Waals surface area contributed by atoms with Crippen LogP contribution in [0.5, 0.6) is 5.75 Å². The first-order valence-corrected chi connectivity index (χ1v) is 11.1. The molecule has 34 heavy (non-hydrogen) atoms. The first-order valence-electron chi connectivity index (χ1n) is 11.1. The number of methoxy groups -OCH3 is 1. The van der Waals surface area contributed by atoms with Gasteiger partial charge in [0, 0.05) is 32.0 Å². The molecule has 7 nitrogen and oxygen atoms in total. The highest BCUT2D eigenvalue weighted by Gasteiger charge is 2.17. The molecule has 0 saturated carbocycles. The molecule has 1 heterocycles. The predicted molar refractivity (Wildman–Crippen MR) is 136 cm³/mol. The van der Waals surface area contributed by atoms with E-state index in [0.29, 0.717) is 43.6 Å². The molecule has 3 N–H and O–H groups in total. The van der Waals surface area contributed by atoms with Gasteiger partial charge in [0.25, 0.3) is 0 Å². The molecule has 3 aromatic carbocycles. The lowest BCUT2D eigenvalue weighted by Gasteiger charge is -2.26. The van der Waals surface area contributed by atoms with Gasteiger partial charge in [-0.05, 0) is 23.3 Å². The molecule has 0 bridgehead atoms. The Kier molecular flexibility index (Phi) is 7.92. The zero-order valence-corrected chi connectivity index (χ0v) is 19.2. The van der Waals surface area contributed by atoms with Crippen molar-refractivity contribution >= 4 is 23.0 Å². The minimum atomic E-state index is 0.480. The van der Waals surface area contributed by atoms with E-state index in [2.05, 4.69) is 44.5 Å². The number of nitrogen functional groups attached to an aromatic ring is 1. The molecule has 7 heteroatoms. The van der Waals surface area contributed by atoms with Crippen LogP contribution in [0.4, 0.5) is 23.0 Å². The van der Waals surface area contributed by atoms with Gasteiger partial charge in [0.2, 0.25) is 0 Å². The molecule has 1 aromatic heterocycles. The fourth-order valence-electron chi connectivity index (χ4n) is 3.59. The van der Waals surface area contributed by atoms with Gasteiger partial charge in [-0.1, -0.05) is 66.7 Å². The summed E-state index contributed by atoms with van der Waals surface area (Å²) >= 11 is 0. The van der Waals surface area contributed by atoms with Crippen LogP contribution in [0.3, 0.4) is 0 Å². The third-order valence-electron chi connectivity index (χ3n) is 5.25. The van der Waals surface area contributed by atoms with Crippen molar-refractivity contribution in [3.05, 3.63) is 102 Å². The fraction of sp³-hybridized carbons (Fsp3) is 0.185. The minimum Gasteiger partial charge on any atom is -0.491 e. The predicted octanol–water partition coefficient (Wildman–Crippen LogP) is 5.03. The highest BCUT2D eigenvalue weighted by Crippen LogP contribution is 2.31. The van der Waals surface area contributed by atoms with Crippen LogP contribution in [0.15, 0.2) is 91.3 Å². The Morgan fingerprint density at radius 1 is 0.824 bits per heavy atom. The third-order valence-corrected chi connectivity index (χ3v) is 5.25. The Hall–Kier alpha value is -4.10. The highest BCUT2D eigenvalue weighted by atomic mass is 16.5. The summed E-state index contributed by atoms with van der Waals surface area (Å²) in [6, 6.07) is 28.2. The van der Waals surface area contributed by atoms with Crippen molar-refractivity contribution < 1.29 is 9.47 Å². The molecule has 0 radical (unpaired) electrons. The van der Waals surface area contributed by atoms with Gasteiger partial charge in [-0.2, -0.15) is 0 Å². The molecular weight excluding hydrogens is 426 g/mol. The number of aromatic nitrogens is 2. The Bertz CT molecular complexity index is 1130. The van der Waals surface area contributed by atoms with E-state index in [-0.39, 0.29) is 0 Å². The van der Waals surface area contributed by atoms with E-state index < -0.39 is 0 Å². The smallest absolute Gasteiger partial charge is 0.159 e. The van der Waals surface area contributed by atoms with Crippen molar-refractivity contribution in [1.29, 1.82) is 0 Å². The van der Waals surface area contributed by atoms with E-state index in [1.54, 1.807) is 7.11 Å². The van der Waals surface area contributed by atoms with Crippen molar-refractivity contribution in [3.8, 4) is 5.75 Å². The number of hydrogen-bond acceptors (Lipinski definition) is 7. The summed E-state index contributed by atoms with van der Waals surface area (Å²) in [6.45, 7) is 2.34. The van der Waals surface area contributed by atoms with Crippen LogP contribution >= 0.6 is 0 Å². The van der Waals surface area contributed by atoms with E-state index >= 15 is 0 Å². The number of ether oxygens (including phenoxy) is 2. The maximum Gasteiger partial charge on any atom is 0.159 e. The SMILES string of the molecule is COCCOc1cccc(Nc2ncnc(N(Cc3ccccc3)Cc3ccccc3)c2N)c1. The number of hydrogen-bond donors (Lipinski definition) is 2. The van der Waals surface area contributed by atoms with Gasteiger partial charge in [-0.3, -0.25) is 0 Å². The van der Waals surface area contributed by atoms with Gasteiger partial charge in [0.15, 0.2) is 11.6 Å². The van der Waals surface area contributed by atoms with Crippen molar-refractivity contribution in [2.24, 2.45) is 0 Å². The summed E-state index contributed by atoms with van der Waals surface area (Å²) in [5.41, 5.74) is 10.3. The van der Waals surface area contributed by atoms with Crippen molar-refractivity contribution in [1.82, 2.24) is 9.97 Å². The van der Waals surface area contributed by atoms with Gasteiger partial charge < -0.3 is 25.4 Å². The molecule has 0 aliphatic carbocycles. The van der Waals surface area contributed by atoms with Gasteiger partial charge in [-0.15, -0.1) is 0 Å². The highest BCUT2D eigenvalue weighted by molar-refractivity contribution is 5.78. The van der Waals surface area contributed by atoms with E-state index in [0.717, 1.165) is 11.4 Å². The molecule has 0 aliphatic rings. The molecule has 0 fully saturated rings. The van der Waals surface area contributed by atoms with Crippen LogP contribution in [0.25, 0.3) is 0 Å². The lowest BCUT2D eigenvalue weighted by atomic mass is 10.1. The number of rotatable bonds is 11. The van der Waals surface area contributed by atoms with E-state index in [1.807, 2.05) is 60.7 Å². The second kappa shape index (κ2) is 11.7. The fourth-order valence-corrected chi connectivity index (χ4v) is 3.59. The normalized spacial score (nSPS) is 10.6. The van der Waals surface area contributed by atoms with Crippen molar-refractivity contribution in [2.75, 3.05) is 36.3 Å². The number of anilines is 4. The lowest BCUT2D eigenvalue weighted by Crippen LogP contribution is -2.24. The summed E-state index contributed by atoms with van der Waals surface area (Å²) in [5.74, 6) is 1.97. The first-order chi connectivity index (χ1) is 16.7.